The Bertz CT molecular complexity index is 792. The summed E-state index contributed by atoms with van der Waals surface area (Å²) >= 11 is 19.6. The van der Waals surface area contributed by atoms with Crippen molar-refractivity contribution in [3.05, 3.63) is 62.9 Å². The van der Waals surface area contributed by atoms with Gasteiger partial charge in [-0.05, 0) is 24.3 Å². The molecule has 0 aliphatic rings. The molecular weight excluding hydrogens is 427 g/mol. The van der Waals surface area contributed by atoms with Gasteiger partial charge in [-0.1, -0.05) is 53.0 Å². The average molecular weight is 437 g/mol. The molecule has 1 aromatic heterocycles. The third-order valence-electron chi connectivity index (χ3n) is 2.84. The van der Waals surface area contributed by atoms with Crippen LogP contribution in [0.1, 0.15) is 0 Å². The van der Waals surface area contributed by atoms with E-state index >= 15 is 0 Å². The summed E-state index contributed by atoms with van der Waals surface area (Å²) < 4.78 is 0. The molecule has 0 bridgehead atoms. The molecule has 3 rings (SSSR count). The molecular formula is C15H10BrCl3N2S. The van der Waals surface area contributed by atoms with E-state index in [1.165, 1.54) is 11.3 Å². The Morgan fingerprint density at radius 1 is 0.909 bits per heavy atom. The fourth-order valence-corrected chi connectivity index (χ4v) is 3.01. The van der Waals surface area contributed by atoms with Crippen LogP contribution in [0.15, 0.2) is 47.8 Å². The summed E-state index contributed by atoms with van der Waals surface area (Å²) in [6.45, 7) is 0. The lowest BCUT2D eigenvalue weighted by Gasteiger charge is -2.04. The quantitative estimate of drug-likeness (QED) is 0.474. The van der Waals surface area contributed by atoms with Gasteiger partial charge < -0.3 is 5.32 Å². The first-order valence-corrected chi connectivity index (χ1v) is 8.07. The molecule has 0 aliphatic heterocycles. The van der Waals surface area contributed by atoms with E-state index in [9.17, 15) is 0 Å². The van der Waals surface area contributed by atoms with Crippen molar-refractivity contribution in [2.24, 2.45) is 0 Å². The number of aromatic nitrogens is 1. The summed E-state index contributed by atoms with van der Waals surface area (Å²) in [5.41, 5.74) is 2.59. The Morgan fingerprint density at radius 3 is 2.41 bits per heavy atom. The van der Waals surface area contributed by atoms with Crippen molar-refractivity contribution < 1.29 is 0 Å². The maximum Gasteiger partial charge on any atom is 0.187 e. The fourth-order valence-electron chi connectivity index (χ4n) is 1.80. The van der Waals surface area contributed by atoms with E-state index < -0.39 is 0 Å². The molecule has 2 nitrogen and oxygen atoms in total. The van der Waals surface area contributed by atoms with Crippen molar-refractivity contribution in [3.8, 4) is 11.3 Å². The van der Waals surface area contributed by atoms with Crippen LogP contribution in [0.4, 0.5) is 10.8 Å². The number of benzene rings is 2. The maximum atomic E-state index is 6.12. The number of rotatable bonds is 3. The second-order valence-electron chi connectivity index (χ2n) is 4.27. The summed E-state index contributed by atoms with van der Waals surface area (Å²) in [5, 5.41) is 7.63. The Hall–Kier alpha value is -0.780. The van der Waals surface area contributed by atoms with Crippen LogP contribution >= 0.6 is 63.1 Å². The van der Waals surface area contributed by atoms with E-state index in [1.807, 2.05) is 35.7 Å². The molecule has 0 radical (unpaired) electrons. The highest BCUT2D eigenvalue weighted by Gasteiger charge is 2.08. The van der Waals surface area contributed by atoms with Gasteiger partial charge in [-0.2, -0.15) is 0 Å². The monoisotopic (exact) mass is 434 g/mol. The molecule has 0 saturated heterocycles. The largest absolute Gasteiger partial charge is 0.330 e. The van der Waals surface area contributed by atoms with Gasteiger partial charge in [0.15, 0.2) is 5.13 Å². The summed E-state index contributed by atoms with van der Waals surface area (Å²) in [4.78, 5) is 4.53. The number of hydrogen-bond acceptors (Lipinski definition) is 3. The van der Waals surface area contributed by atoms with Crippen LogP contribution in [-0.2, 0) is 0 Å². The van der Waals surface area contributed by atoms with Gasteiger partial charge in [0.2, 0.25) is 0 Å². The van der Waals surface area contributed by atoms with E-state index in [0.717, 1.165) is 22.1 Å². The number of hydrogen-bond donors (Lipinski definition) is 1. The van der Waals surface area contributed by atoms with Crippen molar-refractivity contribution in [1.29, 1.82) is 0 Å². The van der Waals surface area contributed by atoms with Crippen LogP contribution in [0.25, 0.3) is 11.3 Å². The Balaban J connectivity index is 0.00000176. The minimum atomic E-state index is 0. The highest BCUT2D eigenvalue weighted by atomic mass is 79.9. The number of anilines is 2. The lowest BCUT2D eigenvalue weighted by Crippen LogP contribution is -1.90. The molecule has 1 N–H and O–H groups in total. The van der Waals surface area contributed by atoms with E-state index in [2.05, 4.69) is 10.3 Å². The van der Waals surface area contributed by atoms with Crippen LogP contribution in [0.5, 0.6) is 0 Å². The molecule has 0 fully saturated rings. The lowest BCUT2D eigenvalue weighted by molar-refractivity contribution is 1.38. The molecule has 7 heteroatoms. The zero-order valence-corrected chi connectivity index (χ0v) is 15.8. The second-order valence-corrected chi connectivity index (χ2v) is 6.35. The van der Waals surface area contributed by atoms with Gasteiger partial charge >= 0.3 is 0 Å². The molecule has 1 heterocycles. The first-order chi connectivity index (χ1) is 10.1. The molecule has 2 aromatic carbocycles. The highest BCUT2D eigenvalue weighted by molar-refractivity contribution is 8.93. The van der Waals surface area contributed by atoms with Gasteiger partial charge in [-0.25, -0.2) is 4.98 Å². The number of para-hydroxylation sites is 1. The van der Waals surface area contributed by atoms with Crippen LogP contribution in [-0.4, -0.2) is 4.98 Å². The van der Waals surface area contributed by atoms with Gasteiger partial charge in [0.25, 0.3) is 0 Å². The van der Waals surface area contributed by atoms with Crippen LogP contribution in [0, 0.1) is 0 Å². The Kier molecular flexibility index (Phi) is 6.12. The number of thiazole rings is 1. The average Bonchev–Trinajstić information content (AvgIpc) is 2.93. The Morgan fingerprint density at radius 2 is 1.68 bits per heavy atom. The molecule has 114 valence electrons. The van der Waals surface area contributed by atoms with E-state index in [0.29, 0.717) is 15.1 Å². The molecule has 0 unspecified atom stereocenters. The summed E-state index contributed by atoms with van der Waals surface area (Å²) in [6, 6.07) is 13.0. The van der Waals surface area contributed by atoms with Gasteiger partial charge in [0.1, 0.15) is 0 Å². The minimum Gasteiger partial charge on any atom is -0.330 e. The zero-order chi connectivity index (χ0) is 14.8. The molecule has 3 aromatic rings. The van der Waals surface area contributed by atoms with Gasteiger partial charge in [0.05, 0.1) is 26.4 Å². The van der Waals surface area contributed by atoms with Gasteiger partial charge in [-0.15, -0.1) is 28.3 Å². The van der Waals surface area contributed by atoms with Crippen molar-refractivity contribution in [2.75, 3.05) is 5.32 Å². The zero-order valence-electron chi connectivity index (χ0n) is 11.0. The fraction of sp³-hybridized carbons (Fsp3) is 0. The maximum absolute atomic E-state index is 6.12. The van der Waals surface area contributed by atoms with E-state index in [1.54, 1.807) is 12.1 Å². The van der Waals surface area contributed by atoms with E-state index in [-0.39, 0.29) is 17.0 Å². The summed E-state index contributed by atoms with van der Waals surface area (Å²) in [6.07, 6.45) is 0. The molecule has 0 amide bonds. The first kappa shape index (κ1) is 17.6. The number of nitrogens with one attached hydrogen (secondary N) is 1. The lowest BCUT2D eigenvalue weighted by atomic mass is 10.2. The molecule has 0 aliphatic carbocycles. The summed E-state index contributed by atoms with van der Waals surface area (Å²) in [7, 11) is 0. The van der Waals surface area contributed by atoms with Gasteiger partial charge in [0, 0.05) is 10.9 Å². The summed E-state index contributed by atoms with van der Waals surface area (Å²) in [5.74, 6) is 0. The van der Waals surface area contributed by atoms with Crippen molar-refractivity contribution in [1.82, 2.24) is 4.98 Å². The van der Waals surface area contributed by atoms with Crippen molar-refractivity contribution in [3.63, 3.8) is 0 Å². The highest BCUT2D eigenvalue weighted by Crippen LogP contribution is 2.32. The van der Waals surface area contributed by atoms with E-state index in [4.69, 9.17) is 34.8 Å². The predicted octanol–water partition coefficient (Wildman–Crippen LogP) is 7.09. The van der Waals surface area contributed by atoms with Crippen LogP contribution in [0.2, 0.25) is 15.1 Å². The van der Waals surface area contributed by atoms with Crippen molar-refractivity contribution >= 4 is 73.9 Å². The SMILES string of the molecule is Br.Clc1ccc(-c2csc(Nc3ccccc3Cl)n2)cc1Cl. The molecule has 0 atom stereocenters. The molecule has 0 saturated carbocycles. The molecule has 0 spiro atoms. The van der Waals surface area contributed by atoms with Crippen LogP contribution in [0.3, 0.4) is 0 Å². The third-order valence-corrected chi connectivity index (χ3v) is 4.66. The Labute approximate surface area is 157 Å². The second kappa shape index (κ2) is 7.66. The minimum absolute atomic E-state index is 0. The standard InChI is InChI=1S/C15H9Cl3N2S.BrH/c16-10-6-5-9(7-12(10)18)14-8-21-15(20-14)19-13-4-2-1-3-11(13)17;/h1-8H,(H,19,20);1H. The predicted molar refractivity (Wildman–Crippen MR) is 103 cm³/mol. The first-order valence-electron chi connectivity index (χ1n) is 6.06. The smallest absolute Gasteiger partial charge is 0.187 e. The van der Waals surface area contributed by atoms with Gasteiger partial charge in [-0.3, -0.25) is 0 Å². The van der Waals surface area contributed by atoms with Crippen LogP contribution < -0.4 is 5.32 Å². The number of halogens is 4. The molecule has 22 heavy (non-hydrogen) atoms. The van der Waals surface area contributed by atoms with Crippen molar-refractivity contribution in [2.45, 2.75) is 0 Å². The normalized spacial score (nSPS) is 10.1. The topological polar surface area (TPSA) is 24.9 Å². The number of nitrogens with zero attached hydrogens (tertiary/aromatic N) is 1. The third kappa shape index (κ3) is 3.94.